The van der Waals surface area contributed by atoms with Crippen LogP contribution in [0.1, 0.15) is 127 Å². The fourth-order valence-electron chi connectivity index (χ4n) is 18.6. The second-order valence-corrected chi connectivity index (χ2v) is 31.7. The molecule has 0 aromatic rings. The molecule has 3 unspecified atom stereocenters. The largest absolute Gasteiger partial charge is 0.394 e. The first-order valence-corrected chi connectivity index (χ1v) is 35.4. The number of rotatable bonds is 23. The lowest BCUT2D eigenvalue weighted by Gasteiger charge is -2.66. The van der Waals surface area contributed by atoms with E-state index < -0.39 is 240 Å². The van der Waals surface area contributed by atoms with Gasteiger partial charge in [-0.15, -0.1) is 0 Å². The van der Waals surface area contributed by atoms with Gasteiger partial charge in [-0.2, -0.15) is 0 Å². The molecule has 0 radical (unpaired) electrons. The summed E-state index contributed by atoms with van der Waals surface area (Å²) in [5.41, 5.74) is -1.65. The number of aliphatic hydroxyl groups is 20. The molecule has 32 nitrogen and oxygen atoms in total. The Balaban J connectivity index is 0.842. The van der Waals surface area contributed by atoms with E-state index in [-0.39, 0.29) is 52.8 Å². The molecule has 6 aliphatic heterocycles. The molecule has 10 rings (SSSR count). The van der Waals surface area contributed by atoms with E-state index in [4.69, 9.17) is 56.8 Å². The monoisotopic (exact) mass is 1430 g/mol. The predicted octanol–water partition coefficient (Wildman–Crippen LogP) is -5.14. The van der Waals surface area contributed by atoms with Crippen molar-refractivity contribution in [2.24, 2.45) is 45.3 Å². The molecule has 0 amide bonds. The molecule has 574 valence electrons. The third-order valence-corrected chi connectivity index (χ3v) is 25.2. The highest BCUT2D eigenvalue weighted by Crippen LogP contribution is 2.75. The fourth-order valence-corrected chi connectivity index (χ4v) is 18.6. The zero-order chi connectivity index (χ0) is 72.7. The van der Waals surface area contributed by atoms with Crippen molar-refractivity contribution in [3.63, 3.8) is 0 Å². The molecule has 0 bridgehead atoms. The van der Waals surface area contributed by atoms with Crippen LogP contribution >= 0.6 is 0 Å². The third-order valence-electron chi connectivity index (χ3n) is 25.2. The Bertz CT molecular complexity index is 2630. The van der Waals surface area contributed by atoms with Crippen molar-refractivity contribution in [3.8, 4) is 0 Å². The Kier molecular flexibility index (Phi) is 25.3. The number of aliphatic hydroxyl groups excluding tert-OH is 19. The summed E-state index contributed by atoms with van der Waals surface area (Å²) in [4.78, 5) is 0. The number of fused-ring (bicyclic) bond motifs is 5. The van der Waals surface area contributed by atoms with Gasteiger partial charge in [0.2, 0.25) is 0 Å². The van der Waals surface area contributed by atoms with Crippen molar-refractivity contribution in [2.75, 3.05) is 33.0 Å². The minimum Gasteiger partial charge on any atom is -0.394 e. The van der Waals surface area contributed by atoms with Crippen LogP contribution in [0.25, 0.3) is 0 Å². The summed E-state index contributed by atoms with van der Waals surface area (Å²) in [5, 5.41) is 217. The number of allylic oxidation sites excluding steroid dienone is 1. The van der Waals surface area contributed by atoms with Crippen molar-refractivity contribution in [1.29, 1.82) is 0 Å². The molecule has 32 heteroatoms. The summed E-state index contributed by atoms with van der Waals surface area (Å²) in [6, 6.07) is 0. The number of hydrogen-bond donors (Lipinski definition) is 20. The molecule has 3 saturated carbocycles. The molecule has 39 atom stereocenters. The van der Waals surface area contributed by atoms with Gasteiger partial charge >= 0.3 is 0 Å². The molecule has 20 N–H and O–H groups in total. The highest BCUT2D eigenvalue weighted by Gasteiger charge is 2.68. The fraction of sp³-hybridized carbons (Fsp3) is 0.970. The molecule has 4 aliphatic carbocycles. The van der Waals surface area contributed by atoms with Gasteiger partial charge in [-0.3, -0.25) is 0 Å². The van der Waals surface area contributed by atoms with E-state index >= 15 is 0 Å². The maximum absolute atomic E-state index is 11.9. The zero-order valence-electron chi connectivity index (χ0n) is 57.8. The first-order chi connectivity index (χ1) is 46.4. The van der Waals surface area contributed by atoms with E-state index in [2.05, 4.69) is 47.6 Å². The Morgan fingerprint density at radius 1 is 0.465 bits per heavy atom. The minimum atomic E-state index is -1.91. The summed E-state index contributed by atoms with van der Waals surface area (Å²) < 4.78 is 72.7. The second-order valence-electron chi connectivity index (χ2n) is 31.7. The van der Waals surface area contributed by atoms with Crippen molar-refractivity contribution < 1.29 is 159 Å². The Morgan fingerprint density at radius 2 is 0.889 bits per heavy atom. The summed E-state index contributed by atoms with van der Waals surface area (Å²) in [5.74, 6) is 0.592. The molecule has 6 saturated heterocycles. The van der Waals surface area contributed by atoms with Crippen LogP contribution in [0.3, 0.4) is 0 Å². The maximum atomic E-state index is 11.9. The summed E-state index contributed by atoms with van der Waals surface area (Å²) >= 11 is 0. The van der Waals surface area contributed by atoms with Gasteiger partial charge in [0.25, 0.3) is 0 Å². The van der Waals surface area contributed by atoms with Crippen LogP contribution in [0, 0.1) is 45.3 Å². The van der Waals surface area contributed by atoms with Crippen molar-refractivity contribution in [3.05, 3.63) is 11.6 Å². The molecule has 6 heterocycles. The normalized spacial score (nSPS) is 51.7. The van der Waals surface area contributed by atoms with Gasteiger partial charge in [0.1, 0.15) is 140 Å². The quantitative estimate of drug-likeness (QED) is 0.0426. The van der Waals surface area contributed by atoms with Gasteiger partial charge in [-0.25, -0.2) is 0 Å². The van der Waals surface area contributed by atoms with Crippen LogP contribution < -0.4 is 0 Å². The van der Waals surface area contributed by atoms with Gasteiger partial charge in [0.15, 0.2) is 37.7 Å². The molecule has 0 aromatic carbocycles. The van der Waals surface area contributed by atoms with E-state index in [1.807, 2.05) is 0 Å². The predicted molar refractivity (Wildman–Crippen MR) is 335 cm³/mol. The Labute approximate surface area is 575 Å². The van der Waals surface area contributed by atoms with Gasteiger partial charge in [-0.05, 0) is 118 Å². The molecule has 10 aliphatic rings. The lowest BCUT2D eigenvalue weighted by atomic mass is 9.39. The van der Waals surface area contributed by atoms with Crippen molar-refractivity contribution in [2.45, 2.75) is 329 Å². The highest BCUT2D eigenvalue weighted by atomic mass is 16.8. The summed E-state index contributed by atoms with van der Waals surface area (Å²) in [6.45, 7) is 14.8. The van der Waals surface area contributed by atoms with Crippen LogP contribution in [-0.4, -0.2) is 337 Å². The number of hydrogen-bond acceptors (Lipinski definition) is 32. The zero-order valence-corrected chi connectivity index (χ0v) is 57.8. The van der Waals surface area contributed by atoms with E-state index in [0.29, 0.717) is 19.3 Å². The van der Waals surface area contributed by atoms with Crippen molar-refractivity contribution >= 4 is 0 Å². The smallest absolute Gasteiger partial charge is 0.187 e. The average molecular weight is 1430 g/mol. The van der Waals surface area contributed by atoms with Crippen LogP contribution in [-0.2, 0) is 56.8 Å². The molecule has 0 spiro atoms. The van der Waals surface area contributed by atoms with Crippen molar-refractivity contribution in [1.82, 2.24) is 0 Å². The Morgan fingerprint density at radius 3 is 1.36 bits per heavy atom. The van der Waals surface area contributed by atoms with E-state index in [1.165, 1.54) is 5.57 Å². The standard InChI is InChI=1S/C67H114O32/c1-10-30-39(71)45(77)53(85)59(90-30)98-56-50(82)44(76)35(25-89-58-52(84)47(79)41(73)32(22-69)92-58)95-62(56)97-38(64(5,6)87)15-11-26(2)27-17-18-67(9)36-14-12-28-29(65(36,7)19-20-66(27,67)8)13-16-37(63(28,3)4)96-61-55(99-60-54(86)48(80)42(74)33(23-70)93-60)49(81)43(75)34(94-61)24-88-57-51(83)46(78)40(72)31(21-68)91-57/h12,26-27,29-62,68-87H,10-11,13-25H2,1-9H3/t26-,27?,29?,30+,31-,32-,33+,34-,35-,36?,37+,38-,39+,40-,41-,42+,43-,44-,45-,46+,47+,48-,49+,50+,51-,52-,53+,54+,55-,56-,57-,58-,59-,60-,61+,62+,65+,66-,67+/m1/s1. The second kappa shape index (κ2) is 31.3. The van der Waals surface area contributed by atoms with E-state index in [9.17, 15) is 102 Å². The molecular weight excluding hydrogens is 1320 g/mol. The van der Waals surface area contributed by atoms with Gasteiger partial charge in [0.05, 0.1) is 56.9 Å². The van der Waals surface area contributed by atoms with E-state index in [1.54, 1.807) is 20.8 Å². The minimum absolute atomic E-state index is 0.0565. The van der Waals surface area contributed by atoms with E-state index in [0.717, 1.165) is 32.1 Å². The topological polar surface area (TPSA) is 515 Å². The van der Waals surface area contributed by atoms with Gasteiger partial charge < -0.3 is 159 Å². The van der Waals surface area contributed by atoms with Gasteiger partial charge in [0, 0.05) is 5.41 Å². The summed E-state index contributed by atoms with van der Waals surface area (Å²) in [6.07, 6.45) is -42.7. The SMILES string of the molecule is CC[C@@H]1O[C@H](O[C@H]2[C@H](O[C@H](CC[C@@H](C)C3CC[C@@]4(C)C5CC=C6C(CC[C@H](O[C@@H]7O[C@H](CO[C@@H]8O[C@H](CO)[C@@H](O)[C@H](O)[C@H]8O)[C@@H](O)[C@H](O)[C@H]7O[C@H]7O[C@@H](CO)[C@H](O)[C@@H](O)[C@@H]7O)C6(C)C)[C@]5(C)CC[C@]34C)C(C)(C)O)O[C@H](CO[C@@H]3O[C@H](CO)[C@@H](O)[C@H](O)[C@H]3O)[C@@H](O)[C@@H]2O)[C@@H](O)[C@H](O)[C@H]1O. The third kappa shape index (κ3) is 15.0. The lowest BCUT2D eigenvalue weighted by molar-refractivity contribution is -0.379. The first-order valence-electron chi connectivity index (χ1n) is 35.4. The molecule has 9 fully saturated rings. The average Bonchev–Trinajstić information content (AvgIpc) is 1.64. The molecule has 99 heavy (non-hydrogen) atoms. The number of ether oxygens (including phenoxy) is 12. The summed E-state index contributed by atoms with van der Waals surface area (Å²) in [7, 11) is 0. The highest BCUT2D eigenvalue weighted by molar-refractivity contribution is 5.31. The first kappa shape index (κ1) is 80.0. The Hall–Kier alpha value is -1.54. The van der Waals surface area contributed by atoms with Crippen LogP contribution in [0.4, 0.5) is 0 Å². The maximum Gasteiger partial charge on any atom is 0.187 e. The molecule has 0 aromatic heterocycles. The molecular formula is C67H114O32. The van der Waals surface area contributed by atoms with Crippen LogP contribution in [0.5, 0.6) is 0 Å². The van der Waals surface area contributed by atoms with Crippen LogP contribution in [0.2, 0.25) is 0 Å². The van der Waals surface area contributed by atoms with Crippen LogP contribution in [0.15, 0.2) is 11.6 Å². The lowest BCUT2D eigenvalue weighted by Crippen LogP contribution is -2.66. The van der Waals surface area contributed by atoms with Gasteiger partial charge in [-0.1, -0.05) is 60.1 Å².